The number of para-hydroxylation sites is 1. The highest BCUT2D eigenvalue weighted by Crippen LogP contribution is 2.53. The molecule has 9 rings (SSSR count). The first-order chi connectivity index (χ1) is 25.6. The fourth-order valence-electron chi connectivity index (χ4n) is 8.50. The molecule has 6 aromatic rings. The number of anilines is 4. The number of nitrogens with zero attached hydrogens (tertiary/aromatic N) is 2. The molecule has 0 saturated heterocycles. The van der Waals surface area contributed by atoms with E-state index in [9.17, 15) is 0 Å². The average Bonchev–Trinajstić information content (AvgIpc) is 3.48. The normalized spacial score (nSPS) is 21.4. The molecule has 2 aliphatic carbocycles. The Labute approximate surface area is 308 Å². The monoisotopic (exact) mass is 670 g/mol. The highest BCUT2D eigenvalue weighted by Gasteiger charge is 2.46. The van der Waals surface area contributed by atoms with E-state index in [0.29, 0.717) is 11.8 Å². The smallest absolute Gasteiger partial charge is 0.0712 e. The molecule has 3 aliphatic rings. The van der Waals surface area contributed by atoms with E-state index in [-0.39, 0.29) is 11.6 Å². The molecule has 0 saturated carbocycles. The van der Waals surface area contributed by atoms with Gasteiger partial charge in [-0.2, -0.15) is 0 Å². The van der Waals surface area contributed by atoms with E-state index in [1.165, 1.54) is 61.7 Å². The van der Waals surface area contributed by atoms with Crippen LogP contribution >= 0.6 is 0 Å². The summed E-state index contributed by atoms with van der Waals surface area (Å²) in [6.07, 6.45) is 16.2. The summed E-state index contributed by atoms with van der Waals surface area (Å²) < 4.78 is 0. The molecule has 0 radical (unpaired) electrons. The van der Waals surface area contributed by atoms with Crippen molar-refractivity contribution in [2.75, 3.05) is 9.80 Å². The Balaban J connectivity index is 1.03. The first-order valence-electron chi connectivity index (χ1n) is 18.4. The maximum Gasteiger partial charge on any atom is 0.0712 e. The van der Waals surface area contributed by atoms with Crippen LogP contribution in [0.1, 0.15) is 30.9 Å². The predicted molar refractivity (Wildman–Crippen MR) is 220 cm³/mol. The van der Waals surface area contributed by atoms with Crippen LogP contribution in [0.15, 0.2) is 200 Å². The second-order valence-electron chi connectivity index (χ2n) is 14.4. The van der Waals surface area contributed by atoms with Gasteiger partial charge in [0, 0.05) is 28.7 Å². The predicted octanol–water partition coefficient (Wildman–Crippen LogP) is 12.9. The zero-order chi connectivity index (χ0) is 35.1. The zero-order valence-electron chi connectivity index (χ0n) is 29.7. The Kier molecular flexibility index (Phi) is 8.09. The number of hydrogen-bond acceptors (Lipinski definition) is 2. The maximum absolute atomic E-state index is 2.51. The molecule has 52 heavy (non-hydrogen) atoms. The molecule has 0 N–H and O–H groups in total. The fourth-order valence-corrected chi connectivity index (χ4v) is 8.50. The maximum atomic E-state index is 2.51. The van der Waals surface area contributed by atoms with Gasteiger partial charge in [-0.15, -0.1) is 0 Å². The van der Waals surface area contributed by atoms with Gasteiger partial charge >= 0.3 is 0 Å². The highest BCUT2D eigenvalue weighted by atomic mass is 15.2. The lowest BCUT2D eigenvalue weighted by Gasteiger charge is -2.39. The van der Waals surface area contributed by atoms with E-state index in [1.54, 1.807) is 0 Å². The van der Waals surface area contributed by atoms with Crippen LogP contribution in [0.2, 0.25) is 0 Å². The molecule has 1 aliphatic heterocycles. The van der Waals surface area contributed by atoms with Crippen molar-refractivity contribution in [3.63, 3.8) is 0 Å². The van der Waals surface area contributed by atoms with Gasteiger partial charge in [-0.05, 0) is 94.3 Å². The lowest BCUT2D eigenvalue weighted by atomic mass is 9.80. The van der Waals surface area contributed by atoms with Crippen LogP contribution in [-0.2, 0) is 0 Å². The van der Waals surface area contributed by atoms with E-state index in [0.717, 1.165) is 0 Å². The van der Waals surface area contributed by atoms with E-state index < -0.39 is 0 Å². The van der Waals surface area contributed by atoms with Crippen LogP contribution in [0.3, 0.4) is 0 Å². The molecular formula is C50H42N2. The van der Waals surface area contributed by atoms with Gasteiger partial charge in [0.1, 0.15) is 0 Å². The van der Waals surface area contributed by atoms with Crippen LogP contribution in [0.4, 0.5) is 22.7 Å². The molecule has 252 valence electrons. The van der Waals surface area contributed by atoms with Gasteiger partial charge in [0.05, 0.1) is 11.6 Å². The third kappa shape index (κ3) is 5.61. The average molecular weight is 671 g/mol. The van der Waals surface area contributed by atoms with Crippen LogP contribution in [0.5, 0.6) is 0 Å². The molecule has 4 atom stereocenters. The number of fused-ring (bicyclic) bond motifs is 3. The molecule has 4 unspecified atom stereocenters. The number of benzene rings is 6. The van der Waals surface area contributed by atoms with E-state index >= 15 is 0 Å². The van der Waals surface area contributed by atoms with Crippen LogP contribution in [0, 0.1) is 5.92 Å². The van der Waals surface area contributed by atoms with Crippen molar-refractivity contribution in [2.45, 2.75) is 31.3 Å². The summed E-state index contributed by atoms with van der Waals surface area (Å²) in [5.74, 6) is 0.633. The van der Waals surface area contributed by atoms with Crippen molar-refractivity contribution in [2.24, 2.45) is 5.92 Å². The lowest BCUT2D eigenvalue weighted by molar-refractivity contribution is 0.542. The highest BCUT2D eigenvalue weighted by molar-refractivity contribution is 5.81. The minimum Gasteiger partial charge on any atom is -0.334 e. The summed E-state index contributed by atoms with van der Waals surface area (Å²) in [5, 5.41) is 0. The summed E-state index contributed by atoms with van der Waals surface area (Å²) in [5.41, 5.74) is 13.5. The van der Waals surface area contributed by atoms with E-state index in [2.05, 4.69) is 224 Å². The Bertz CT molecular complexity index is 2310. The quantitative estimate of drug-likeness (QED) is 0.167. The van der Waals surface area contributed by atoms with Gasteiger partial charge in [-0.3, -0.25) is 0 Å². The van der Waals surface area contributed by atoms with Crippen molar-refractivity contribution in [1.82, 2.24) is 0 Å². The van der Waals surface area contributed by atoms with Crippen molar-refractivity contribution >= 4 is 28.3 Å². The van der Waals surface area contributed by atoms with Crippen LogP contribution in [-0.4, -0.2) is 11.6 Å². The molecule has 2 nitrogen and oxygen atoms in total. The van der Waals surface area contributed by atoms with Crippen molar-refractivity contribution < 1.29 is 0 Å². The van der Waals surface area contributed by atoms with Crippen LogP contribution in [0.25, 0.3) is 27.8 Å². The SMILES string of the molecule is CC1C=C(c2ccccc2)C=CC1N(c1ccc(-c2ccccc2)cc1)c1ccc(-c2ccc(N3c4ccccc4C4C=CC=CC43C)cc2)cc1. The minimum absolute atomic E-state index is 0.133. The Morgan fingerprint density at radius 2 is 1.08 bits per heavy atom. The third-order valence-electron chi connectivity index (χ3n) is 11.2. The second-order valence-corrected chi connectivity index (χ2v) is 14.4. The summed E-state index contributed by atoms with van der Waals surface area (Å²) >= 11 is 0. The molecule has 0 aromatic heterocycles. The molecule has 2 heteroatoms. The second kappa shape index (κ2) is 13.2. The summed E-state index contributed by atoms with van der Waals surface area (Å²) in [6, 6.07) is 57.6. The van der Waals surface area contributed by atoms with Crippen molar-refractivity contribution in [3.8, 4) is 22.3 Å². The van der Waals surface area contributed by atoms with Crippen LogP contribution < -0.4 is 9.80 Å². The molecule has 0 amide bonds. The van der Waals surface area contributed by atoms with Gasteiger partial charge in [-0.25, -0.2) is 0 Å². The fraction of sp³-hybridized carbons (Fsp3) is 0.120. The number of allylic oxidation sites excluding steroid dienone is 4. The zero-order valence-corrected chi connectivity index (χ0v) is 29.7. The molecule has 6 aromatic carbocycles. The standard InChI is InChI=1S/C50H42N2/c1-36-35-42(38-15-7-4-8-16-38)26-33-48(36)51(43-27-20-39(21-28-43)37-13-5-3-6-14-37)44-29-22-40(23-30-44)41-24-31-45(32-25-41)52-49-19-10-9-17-46(49)47-18-11-12-34-50(47,52)2/h3-36,47-48H,1-2H3. The minimum atomic E-state index is -0.133. The Morgan fingerprint density at radius 1 is 0.538 bits per heavy atom. The van der Waals surface area contributed by atoms with Crippen molar-refractivity contribution in [3.05, 3.63) is 211 Å². The largest absolute Gasteiger partial charge is 0.334 e. The van der Waals surface area contributed by atoms with Gasteiger partial charge < -0.3 is 9.80 Å². The van der Waals surface area contributed by atoms with E-state index in [4.69, 9.17) is 0 Å². The topological polar surface area (TPSA) is 6.48 Å². The molecule has 0 fully saturated rings. The third-order valence-corrected chi connectivity index (χ3v) is 11.2. The summed E-state index contributed by atoms with van der Waals surface area (Å²) in [4.78, 5) is 5.01. The van der Waals surface area contributed by atoms with Crippen molar-refractivity contribution in [1.29, 1.82) is 0 Å². The van der Waals surface area contributed by atoms with Gasteiger partial charge in [-0.1, -0.05) is 165 Å². The Hall–Kier alpha value is -6.12. The summed E-state index contributed by atoms with van der Waals surface area (Å²) in [7, 11) is 0. The van der Waals surface area contributed by atoms with E-state index in [1.807, 2.05) is 0 Å². The summed E-state index contributed by atoms with van der Waals surface area (Å²) in [6.45, 7) is 4.69. The lowest BCUT2D eigenvalue weighted by Crippen LogP contribution is -2.41. The first-order valence-corrected chi connectivity index (χ1v) is 18.4. The Morgan fingerprint density at radius 3 is 1.69 bits per heavy atom. The van der Waals surface area contributed by atoms with Gasteiger partial charge in [0.25, 0.3) is 0 Å². The van der Waals surface area contributed by atoms with Gasteiger partial charge in [0.15, 0.2) is 0 Å². The first kappa shape index (κ1) is 31.8. The number of hydrogen-bond donors (Lipinski definition) is 0. The molecular weight excluding hydrogens is 629 g/mol. The molecule has 0 bridgehead atoms. The molecule has 0 spiro atoms. The molecule has 1 heterocycles. The van der Waals surface area contributed by atoms with Gasteiger partial charge in [0.2, 0.25) is 0 Å². The number of rotatable bonds is 7.